The highest BCUT2D eigenvalue weighted by Crippen LogP contribution is 2.28. The van der Waals surface area contributed by atoms with E-state index in [9.17, 15) is 4.79 Å². The van der Waals surface area contributed by atoms with Crippen LogP contribution >= 0.6 is 27.5 Å². The number of nitriles is 1. The van der Waals surface area contributed by atoms with Gasteiger partial charge in [0.15, 0.2) is 0 Å². The zero-order valence-corrected chi connectivity index (χ0v) is 9.26. The molecule has 0 unspecified atom stereocenters. The van der Waals surface area contributed by atoms with Gasteiger partial charge in [-0.1, -0.05) is 11.6 Å². The first-order chi connectivity index (χ1) is 6.54. The van der Waals surface area contributed by atoms with Crippen LogP contribution in [0.4, 0.5) is 0 Å². The molecule has 1 aromatic carbocycles. The number of hydrogen-bond donors (Lipinski definition) is 1. The van der Waals surface area contributed by atoms with Crippen molar-refractivity contribution in [3.63, 3.8) is 0 Å². The lowest BCUT2D eigenvalue weighted by Gasteiger charge is -2.03. The lowest BCUT2D eigenvalue weighted by Crippen LogP contribution is -2.01. The smallest absolute Gasteiger partial charge is 0.307 e. The molecule has 0 amide bonds. The topological polar surface area (TPSA) is 61.1 Å². The maximum atomic E-state index is 10.5. The van der Waals surface area contributed by atoms with Crippen LogP contribution in [0, 0.1) is 11.3 Å². The fourth-order valence-electron chi connectivity index (χ4n) is 1.00. The van der Waals surface area contributed by atoms with Crippen LogP contribution in [0.5, 0.6) is 0 Å². The molecule has 0 saturated carbocycles. The van der Waals surface area contributed by atoms with E-state index in [0.717, 1.165) is 0 Å². The summed E-state index contributed by atoms with van der Waals surface area (Å²) >= 11 is 9.00. The Kier molecular flexibility index (Phi) is 3.50. The summed E-state index contributed by atoms with van der Waals surface area (Å²) < 4.78 is 0.537. The highest BCUT2D eigenvalue weighted by molar-refractivity contribution is 9.10. The van der Waals surface area contributed by atoms with Crippen molar-refractivity contribution in [1.82, 2.24) is 0 Å². The van der Waals surface area contributed by atoms with Crippen LogP contribution < -0.4 is 0 Å². The van der Waals surface area contributed by atoms with E-state index in [2.05, 4.69) is 15.9 Å². The Hall–Kier alpha value is -1.05. The molecular formula is C9H5BrClNO2. The molecule has 1 N–H and O–H groups in total. The summed E-state index contributed by atoms with van der Waals surface area (Å²) in [6, 6.07) is 4.95. The Balaban J connectivity index is 3.21. The lowest BCUT2D eigenvalue weighted by molar-refractivity contribution is -0.136. The number of carboxylic acids is 1. The second kappa shape index (κ2) is 4.45. The van der Waals surface area contributed by atoms with Gasteiger partial charge >= 0.3 is 5.97 Å². The maximum absolute atomic E-state index is 10.5. The molecule has 0 aliphatic heterocycles. The van der Waals surface area contributed by atoms with Crippen molar-refractivity contribution >= 4 is 33.5 Å². The van der Waals surface area contributed by atoms with Gasteiger partial charge < -0.3 is 5.11 Å². The highest BCUT2D eigenvalue weighted by atomic mass is 79.9. The molecule has 0 aromatic heterocycles. The first kappa shape index (κ1) is 11.0. The van der Waals surface area contributed by atoms with Crippen molar-refractivity contribution in [1.29, 1.82) is 5.26 Å². The van der Waals surface area contributed by atoms with Crippen molar-refractivity contribution in [2.45, 2.75) is 6.42 Å². The summed E-state index contributed by atoms with van der Waals surface area (Å²) in [7, 11) is 0. The number of halogens is 2. The van der Waals surface area contributed by atoms with E-state index in [4.69, 9.17) is 22.0 Å². The van der Waals surface area contributed by atoms with E-state index >= 15 is 0 Å². The van der Waals surface area contributed by atoms with Gasteiger partial charge in [-0.25, -0.2) is 0 Å². The summed E-state index contributed by atoms with van der Waals surface area (Å²) in [6.45, 7) is 0. The van der Waals surface area contributed by atoms with Crippen LogP contribution in [0.25, 0.3) is 0 Å². The predicted molar refractivity (Wildman–Crippen MR) is 55.2 cm³/mol. The SMILES string of the molecule is N#Cc1cc(Br)c(Cl)c(CC(=O)O)c1. The van der Waals surface area contributed by atoms with Crippen LogP contribution in [0.15, 0.2) is 16.6 Å². The predicted octanol–water partition coefficient (Wildman–Crippen LogP) is 2.60. The first-order valence-electron chi connectivity index (χ1n) is 3.64. The van der Waals surface area contributed by atoms with E-state index in [-0.39, 0.29) is 6.42 Å². The van der Waals surface area contributed by atoms with Crippen LogP contribution in [-0.2, 0) is 11.2 Å². The second-order valence-corrected chi connectivity index (χ2v) is 3.85. The Morgan fingerprint density at radius 3 is 2.79 bits per heavy atom. The molecule has 0 fully saturated rings. The molecule has 14 heavy (non-hydrogen) atoms. The van der Waals surface area contributed by atoms with Crippen LogP contribution in [0.3, 0.4) is 0 Å². The second-order valence-electron chi connectivity index (χ2n) is 2.61. The van der Waals surface area contributed by atoms with Gasteiger partial charge in [-0.3, -0.25) is 4.79 Å². The third-order valence-corrected chi connectivity index (χ3v) is 2.87. The van der Waals surface area contributed by atoms with Crippen molar-refractivity contribution in [3.05, 3.63) is 32.8 Å². The molecule has 0 heterocycles. The molecule has 5 heteroatoms. The molecule has 3 nitrogen and oxygen atoms in total. The van der Waals surface area contributed by atoms with E-state index in [1.54, 1.807) is 6.07 Å². The average molecular weight is 275 g/mol. The summed E-state index contributed by atoms with van der Waals surface area (Å²) in [5.41, 5.74) is 0.822. The monoisotopic (exact) mass is 273 g/mol. The molecule has 0 spiro atoms. The summed E-state index contributed by atoms with van der Waals surface area (Å²) in [6.07, 6.45) is -0.188. The normalized spacial score (nSPS) is 9.50. The van der Waals surface area contributed by atoms with Crippen molar-refractivity contribution < 1.29 is 9.90 Å². The Morgan fingerprint density at radius 2 is 2.29 bits per heavy atom. The minimum Gasteiger partial charge on any atom is -0.481 e. The quantitative estimate of drug-likeness (QED) is 0.901. The van der Waals surface area contributed by atoms with Crippen LogP contribution in [0.1, 0.15) is 11.1 Å². The Labute approximate surface area is 94.0 Å². The van der Waals surface area contributed by atoms with E-state index in [1.165, 1.54) is 6.07 Å². The third-order valence-electron chi connectivity index (χ3n) is 1.57. The number of carboxylic acid groups (broad SMARTS) is 1. The lowest BCUT2D eigenvalue weighted by atomic mass is 10.1. The molecule has 0 radical (unpaired) electrons. The van der Waals surface area contributed by atoms with Crippen molar-refractivity contribution in [2.24, 2.45) is 0 Å². The van der Waals surface area contributed by atoms with Gasteiger partial charge in [0.2, 0.25) is 0 Å². The zero-order chi connectivity index (χ0) is 10.7. The number of rotatable bonds is 2. The number of carbonyl (C=O) groups is 1. The summed E-state index contributed by atoms with van der Waals surface area (Å²) in [5.74, 6) is -0.978. The molecule has 1 rings (SSSR count). The molecule has 72 valence electrons. The first-order valence-corrected chi connectivity index (χ1v) is 4.81. The molecule has 1 aromatic rings. The molecule has 0 atom stereocenters. The summed E-state index contributed by atoms with van der Waals surface area (Å²) in [5, 5.41) is 17.6. The molecular weight excluding hydrogens is 269 g/mol. The fraction of sp³-hybridized carbons (Fsp3) is 0.111. The van der Waals surface area contributed by atoms with Crippen molar-refractivity contribution in [3.8, 4) is 6.07 Å². The molecule has 0 aliphatic carbocycles. The maximum Gasteiger partial charge on any atom is 0.307 e. The Bertz CT molecular complexity index is 426. The number of aliphatic carboxylic acids is 1. The molecule has 0 bridgehead atoms. The third kappa shape index (κ3) is 2.47. The molecule has 0 saturated heterocycles. The zero-order valence-electron chi connectivity index (χ0n) is 6.92. The van der Waals surface area contributed by atoms with Crippen molar-refractivity contribution in [2.75, 3.05) is 0 Å². The number of benzene rings is 1. The highest BCUT2D eigenvalue weighted by Gasteiger charge is 2.10. The van der Waals surface area contributed by atoms with Gasteiger partial charge in [0.05, 0.1) is 23.1 Å². The van der Waals surface area contributed by atoms with Gasteiger partial charge in [0.25, 0.3) is 0 Å². The summed E-state index contributed by atoms with van der Waals surface area (Å²) in [4.78, 5) is 10.5. The van der Waals surface area contributed by atoms with Gasteiger partial charge in [-0.15, -0.1) is 0 Å². The van der Waals surface area contributed by atoms with Crippen LogP contribution in [0.2, 0.25) is 5.02 Å². The molecule has 0 aliphatic rings. The largest absolute Gasteiger partial charge is 0.481 e. The standard InChI is InChI=1S/C9H5BrClNO2/c10-7-2-5(4-12)1-6(9(7)11)3-8(13)14/h1-2H,3H2,(H,13,14). The Morgan fingerprint density at radius 1 is 1.64 bits per heavy atom. The van der Waals surface area contributed by atoms with E-state index < -0.39 is 5.97 Å². The van der Waals surface area contributed by atoms with Gasteiger partial charge in [0, 0.05) is 4.47 Å². The fourth-order valence-corrected chi connectivity index (χ4v) is 1.68. The number of nitrogens with zero attached hydrogens (tertiary/aromatic N) is 1. The van der Waals surface area contributed by atoms with E-state index in [0.29, 0.717) is 20.6 Å². The van der Waals surface area contributed by atoms with Gasteiger partial charge in [-0.2, -0.15) is 5.26 Å². The minimum atomic E-state index is -0.978. The van der Waals surface area contributed by atoms with Crippen LogP contribution in [-0.4, -0.2) is 11.1 Å². The average Bonchev–Trinajstić information content (AvgIpc) is 2.11. The van der Waals surface area contributed by atoms with Gasteiger partial charge in [-0.05, 0) is 33.6 Å². The minimum absolute atomic E-state index is 0.188. The number of hydrogen-bond acceptors (Lipinski definition) is 2. The van der Waals surface area contributed by atoms with Gasteiger partial charge in [0.1, 0.15) is 0 Å². The van der Waals surface area contributed by atoms with E-state index in [1.807, 2.05) is 6.07 Å².